The second-order valence-corrected chi connectivity index (χ2v) is 9.32. The Bertz CT molecular complexity index is 1260. The van der Waals surface area contributed by atoms with Gasteiger partial charge in [-0.2, -0.15) is 5.26 Å². The zero-order chi connectivity index (χ0) is 22.7. The standard InChI is InChI=1S/C24H16BrClN2O4/c25-15-8-6-14(7-9-15)24-20(13-4-2-1-3-5-13)19(22(29)30)17(11-27)23(24,31)21-18(32-24)10-16(26)12-28-21/h1-10,12,17,19-20,31H,(H,29,30)/t17-,19-,20+,23+,24-/m0/s1. The maximum Gasteiger partial charge on any atom is 0.308 e. The van der Waals surface area contributed by atoms with Gasteiger partial charge in [0, 0.05) is 22.7 Å². The first-order chi connectivity index (χ1) is 15.3. The molecular weight excluding hydrogens is 496 g/mol. The Morgan fingerprint density at radius 2 is 1.88 bits per heavy atom. The molecule has 1 fully saturated rings. The Labute approximate surface area is 197 Å². The number of nitrogens with zero attached hydrogens (tertiary/aromatic N) is 2. The van der Waals surface area contributed by atoms with Crippen LogP contribution < -0.4 is 4.74 Å². The highest BCUT2D eigenvalue weighted by atomic mass is 79.9. The van der Waals surface area contributed by atoms with Crippen molar-refractivity contribution >= 4 is 33.5 Å². The van der Waals surface area contributed by atoms with Crippen molar-refractivity contribution in [2.75, 3.05) is 0 Å². The Kier molecular flexibility index (Phi) is 4.79. The van der Waals surface area contributed by atoms with Gasteiger partial charge in [-0.05, 0) is 23.3 Å². The molecule has 1 aliphatic heterocycles. The largest absolute Gasteiger partial charge is 0.481 e. The summed E-state index contributed by atoms with van der Waals surface area (Å²) in [6.45, 7) is 0. The molecule has 1 aliphatic carbocycles. The number of pyridine rings is 1. The number of rotatable bonds is 3. The summed E-state index contributed by atoms with van der Waals surface area (Å²) in [5, 5.41) is 33.0. The number of halogens is 2. The SMILES string of the molecule is N#C[C@H]1[C@H](C(=O)O)[C@@H](c2ccccc2)[C@]2(c3ccc(Br)cc3)Oc3cc(Cl)cnc3[C@]12O. The lowest BCUT2D eigenvalue weighted by Crippen LogP contribution is -2.50. The van der Waals surface area contributed by atoms with Gasteiger partial charge in [0.1, 0.15) is 11.4 Å². The smallest absolute Gasteiger partial charge is 0.308 e. The lowest BCUT2D eigenvalue weighted by Gasteiger charge is -2.40. The molecule has 6 nitrogen and oxygen atoms in total. The second kappa shape index (κ2) is 7.31. The van der Waals surface area contributed by atoms with Crippen molar-refractivity contribution < 1.29 is 19.7 Å². The summed E-state index contributed by atoms with van der Waals surface area (Å²) in [5.74, 6) is -4.42. The van der Waals surface area contributed by atoms with Crippen LogP contribution in [-0.4, -0.2) is 21.2 Å². The van der Waals surface area contributed by atoms with Crippen LogP contribution >= 0.6 is 27.5 Å². The van der Waals surface area contributed by atoms with Crippen molar-refractivity contribution in [1.29, 1.82) is 5.26 Å². The molecule has 3 aromatic rings. The van der Waals surface area contributed by atoms with Crippen LogP contribution in [0.4, 0.5) is 0 Å². The molecule has 32 heavy (non-hydrogen) atoms. The van der Waals surface area contributed by atoms with Crippen molar-refractivity contribution in [2.24, 2.45) is 11.8 Å². The van der Waals surface area contributed by atoms with Gasteiger partial charge in [-0.1, -0.05) is 70.0 Å². The third kappa shape index (κ3) is 2.61. The van der Waals surface area contributed by atoms with Crippen molar-refractivity contribution in [1.82, 2.24) is 4.98 Å². The fraction of sp³-hybridized carbons (Fsp3) is 0.208. The van der Waals surface area contributed by atoms with Gasteiger partial charge < -0.3 is 14.9 Å². The lowest BCUT2D eigenvalue weighted by atomic mass is 9.71. The summed E-state index contributed by atoms with van der Waals surface area (Å²) in [4.78, 5) is 16.9. The van der Waals surface area contributed by atoms with Gasteiger partial charge in [0.2, 0.25) is 0 Å². The number of aromatic nitrogens is 1. The van der Waals surface area contributed by atoms with Gasteiger partial charge in [-0.3, -0.25) is 9.78 Å². The second-order valence-electron chi connectivity index (χ2n) is 7.97. The highest BCUT2D eigenvalue weighted by Gasteiger charge is 2.78. The van der Waals surface area contributed by atoms with Gasteiger partial charge in [0.15, 0.2) is 11.2 Å². The summed E-state index contributed by atoms with van der Waals surface area (Å²) < 4.78 is 7.29. The van der Waals surface area contributed by atoms with Crippen LogP contribution in [0.1, 0.15) is 22.7 Å². The summed E-state index contributed by atoms with van der Waals surface area (Å²) >= 11 is 9.57. The van der Waals surface area contributed by atoms with E-state index < -0.39 is 34.9 Å². The van der Waals surface area contributed by atoms with Crippen LogP contribution in [0.5, 0.6) is 5.75 Å². The zero-order valence-electron chi connectivity index (χ0n) is 16.4. The molecule has 1 aromatic heterocycles. The number of carboxylic acid groups (broad SMARTS) is 1. The monoisotopic (exact) mass is 510 g/mol. The Morgan fingerprint density at radius 1 is 1.19 bits per heavy atom. The van der Waals surface area contributed by atoms with E-state index in [1.807, 2.05) is 6.07 Å². The van der Waals surface area contributed by atoms with Crippen molar-refractivity contribution in [2.45, 2.75) is 17.1 Å². The predicted molar refractivity (Wildman–Crippen MR) is 119 cm³/mol. The molecule has 2 aromatic carbocycles. The molecule has 5 atom stereocenters. The molecule has 1 saturated carbocycles. The number of carboxylic acids is 1. The van der Waals surface area contributed by atoms with Gasteiger partial charge >= 0.3 is 5.97 Å². The minimum atomic E-state index is -2.03. The maximum absolute atomic E-state index is 12.6. The number of hydrogen-bond acceptors (Lipinski definition) is 5. The number of aliphatic hydroxyl groups is 1. The highest BCUT2D eigenvalue weighted by molar-refractivity contribution is 9.10. The Morgan fingerprint density at radius 3 is 2.50 bits per heavy atom. The number of hydrogen-bond donors (Lipinski definition) is 2. The van der Waals surface area contributed by atoms with E-state index in [0.29, 0.717) is 16.1 Å². The third-order valence-electron chi connectivity index (χ3n) is 6.48. The third-order valence-corrected chi connectivity index (χ3v) is 7.22. The van der Waals surface area contributed by atoms with Gasteiger partial charge in [0.05, 0.1) is 22.9 Å². The van der Waals surface area contributed by atoms with E-state index in [2.05, 4.69) is 27.0 Å². The van der Waals surface area contributed by atoms with Crippen LogP contribution in [0.3, 0.4) is 0 Å². The summed E-state index contributed by atoms with van der Waals surface area (Å²) in [5.41, 5.74) is -2.36. The first kappa shape index (κ1) is 21.0. The van der Waals surface area contributed by atoms with Gasteiger partial charge in [-0.25, -0.2) is 0 Å². The lowest BCUT2D eigenvalue weighted by molar-refractivity contribution is -0.144. The quantitative estimate of drug-likeness (QED) is 0.532. The fourth-order valence-corrected chi connectivity index (χ4v) is 5.73. The number of ether oxygens (including phenoxy) is 1. The van der Waals surface area contributed by atoms with E-state index >= 15 is 0 Å². The molecule has 0 unspecified atom stereocenters. The molecule has 8 heteroatoms. The molecule has 160 valence electrons. The average molecular weight is 512 g/mol. The molecule has 2 aliphatic rings. The van der Waals surface area contributed by atoms with Crippen LogP contribution in [0, 0.1) is 23.2 Å². The van der Waals surface area contributed by atoms with Crippen LogP contribution in [0.15, 0.2) is 71.3 Å². The molecule has 5 rings (SSSR count). The summed E-state index contributed by atoms with van der Waals surface area (Å²) in [6, 6.07) is 19.7. The molecule has 2 heterocycles. The highest BCUT2D eigenvalue weighted by Crippen LogP contribution is 2.70. The first-order valence-electron chi connectivity index (χ1n) is 9.85. The van der Waals surface area contributed by atoms with Crippen LogP contribution in [0.2, 0.25) is 5.02 Å². The van der Waals surface area contributed by atoms with E-state index in [1.165, 1.54) is 12.3 Å². The Balaban J connectivity index is 1.90. The maximum atomic E-state index is 12.6. The number of aliphatic carboxylic acids is 1. The minimum Gasteiger partial charge on any atom is -0.481 e. The summed E-state index contributed by atoms with van der Waals surface area (Å²) in [6.07, 6.45) is 1.36. The minimum absolute atomic E-state index is 0.112. The van der Waals surface area contributed by atoms with Crippen LogP contribution in [0.25, 0.3) is 0 Å². The van der Waals surface area contributed by atoms with E-state index in [0.717, 1.165) is 4.47 Å². The average Bonchev–Trinajstić information content (AvgIpc) is 3.16. The van der Waals surface area contributed by atoms with Crippen LogP contribution in [-0.2, 0) is 16.0 Å². The fourth-order valence-electron chi connectivity index (χ4n) is 5.31. The summed E-state index contributed by atoms with van der Waals surface area (Å²) in [7, 11) is 0. The number of nitriles is 1. The Hall–Kier alpha value is -2.92. The van der Waals surface area contributed by atoms with Gasteiger partial charge in [0.25, 0.3) is 0 Å². The van der Waals surface area contributed by atoms with Gasteiger partial charge in [-0.15, -0.1) is 0 Å². The van der Waals surface area contributed by atoms with E-state index in [9.17, 15) is 20.3 Å². The van der Waals surface area contributed by atoms with E-state index in [-0.39, 0.29) is 11.4 Å². The molecule has 0 saturated heterocycles. The normalized spacial score (nSPS) is 30.1. The van der Waals surface area contributed by atoms with E-state index in [4.69, 9.17) is 16.3 Å². The topological polar surface area (TPSA) is 103 Å². The number of benzene rings is 2. The molecule has 2 N–H and O–H groups in total. The first-order valence-corrected chi connectivity index (χ1v) is 11.0. The molecule has 0 spiro atoms. The van der Waals surface area contributed by atoms with Crippen molar-refractivity contribution in [3.05, 3.63) is 93.2 Å². The number of fused-ring (bicyclic) bond motifs is 3. The number of carbonyl (C=O) groups is 1. The van der Waals surface area contributed by atoms with E-state index in [1.54, 1.807) is 48.5 Å². The zero-order valence-corrected chi connectivity index (χ0v) is 18.8. The molecule has 0 bridgehead atoms. The van der Waals surface area contributed by atoms with Crippen molar-refractivity contribution in [3.8, 4) is 11.8 Å². The van der Waals surface area contributed by atoms with Crippen molar-refractivity contribution in [3.63, 3.8) is 0 Å². The predicted octanol–water partition coefficient (Wildman–Crippen LogP) is 4.61. The molecule has 0 amide bonds. The molecule has 0 radical (unpaired) electrons. The molecular formula is C24H16BrClN2O4.